The van der Waals surface area contributed by atoms with Gasteiger partial charge in [0, 0.05) is 24.6 Å². The molecule has 0 fully saturated rings. The molecule has 0 aliphatic carbocycles. The van der Waals surface area contributed by atoms with Crippen molar-refractivity contribution in [2.24, 2.45) is 0 Å². The van der Waals surface area contributed by atoms with Gasteiger partial charge in [-0.25, -0.2) is 9.97 Å². The summed E-state index contributed by atoms with van der Waals surface area (Å²) in [6.45, 7) is 3.04. The zero-order valence-electron chi connectivity index (χ0n) is 10.2. The van der Waals surface area contributed by atoms with Gasteiger partial charge in [0.25, 0.3) is 0 Å². The van der Waals surface area contributed by atoms with E-state index in [4.69, 9.17) is 5.73 Å². The number of hydrogen-bond acceptors (Lipinski definition) is 3. The highest BCUT2D eigenvalue weighted by atomic mass is 15.1. The highest BCUT2D eigenvalue weighted by Gasteiger charge is 2.09. The van der Waals surface area contributed by atoms with Crippen LogP contribution in [0.3, 0.4) is 0 Å². The van der Waals surface area contributed by atoms with Crippen molar-refractivity contribution in [3.8, 4) is 0 Å². The quantitative estimate of drug-likeness (QED) is 0.714. The lowest BCUT2D eigenvalue weighted by Crippen LogP contribution is -2.11. The predicted octanol–water partition coefficient (Wildman–Crippen LogP) is 2.08. The fourth-order valence-electron chi connectivity index (χ4n) is 2.19. The molecule has 0 radical (unpaired) electrons. The summed E-state index contributed by atoms with van der Waals surface area (Å²) < 4.78 is 4.22. The van der Waals surface area contributed by atoms with Crippen LogP contribution < -0.4 is 5.73 Å². The maximum atomic E-state index is 5.76. The SMILES string of the molecule is CC(Cn1ccnc1)n1cnc2cc(N)ccc21. The highest BCUT2D eigenvalue weighted by molar-refractivity contribution is 5.79. The number of fused-ring (bicyclic) bond motifs is 1. The van der Waals surface area contributed by atoms with Gasteiger partial charge in [-0.1, -0.05) is 0 Å². The smallest absolute Gasteiger partial charge is 0.0961 e. The number of hydrogen-bond donors (Lipinski definition) is 1. The molecule has 0 amide bonds. The number of anilines is 1. The summed E-state index contributed by atoms with van der Waals surface area (Å²) in [4.78, 5) is 8.44. The lowest BCUT2D eigenvalue weighted by atomic mass is 10.2. The minimum absolute atomic E-state index is 0.313. The lowest BCUT2D eigenvalue weighted by molar-refractivity contribution is 0.474. The maximum Gasteiger partial charge on any atom is 0.0961 e. The average Bonchev–Trinajstić information content (AvgIpc) is 2.97. The molecule has 3 aromatic rings. The largest absolute Gasteiger partial charge is 0.399 e. The summed E-state index contributed by atoms with van der Waals surface area (Å²) in [5.74, 6) is 0. The number of nitrogen functional groups attached to an aromatic ring is 1. The van der Waals surface area contributed by atoms with E-state index in [-0.39, 0.29) is 0 Å². The second kappa shape index (κ2) is 4.18. The third-order valence-corrected chi connectivity index (χ3v) is 3.11. The molecule has 0 spiro atoms. The van der Waals surface area contributed by atoms with Crippen LogP contribution in [0.4, 0.5) is 5.69 Å². The van der Waals surface area contributed by atoms with Crippen LogP contribution in [0.5, 0.6) is 0 Å². The van der Waals surface area contributed by atoms with Crippen LogP contribution >= 0.6 is 0 Å². The molecule has 92 valence electrons. The third kappa shape index (κ3) is 1.84. The highest BCUT2D eigenvalue weighted by Crippen LogP contribution is 2.20. The monoisotopic (exact) mass is 241 g/mol. The standard InChI is InChI=1S/C13H15N5/c1-10(7-17-5-4-15-8-17)18-9-16-12-6-11(14)2-3-13(12)18/h2-6,8-10H,7,14H2,1H3. The number of imidazole rings is 2. The molecule has 18 heavy (non-hydrogen) atoms. The minimum atomic E-state index is 0.313. The predicted molar refractivity (Wildman–Crippen MR) is 71.1 cm³/mol. The van der Waals surface area contributed by atoms with Gasteiger partial charge in [0.05, 0.1) is 29.7 Å². The fraction of sp³-hybridized carbons (Fsp3) is 0.231. The first-order valence-electron chi connectivity index (χ1n) is 5.92. The van der Waals surface area contributed by atoms with Crippen LogP contribution in [-0.2, 0) is 6.54 Å². The Bertz CT molecular complexity index is 653. The van der Waals surface area contributed by atoms with Crippen molar-refractivity contribution in [3.05, 3.63) is 43.2 Å². The van der Waals surface area contributed by atoms with Gasteiger partial charge in [-0.2, -0.15) is 0 Å². The first-order valence-corrected chi connectivity index (χ1v) is 5.92. The first kappa shape index (κ1) is 10.8. The van der Waals surface area contributed by atoms with Gasteiger partial charge in [-0.3, -0.25) is 0 Å². The van der Waals surface area contributed by atoms with Crippen LogP contribution in [0.15, 0.2) is 43.2 Å². The fourth-order valence-corrected chi connectivity index (χ4v) is 2.19. The lowest BCUT2D eigenvalue weighted by Gasteiger charge is -2.14. The Hall–Kier alpha value is -2.30. The topological polar surface area (TPSA) is 61.7 Å². The van der Waals surface area contributed by atoms with Gasteiger partial charge in [0.2, 0.25) is 0 Å². The van der Waals surface area contributed by atoms with Gasteiger partial charge >= 0.3 is 0 Å². The number of nitrogens with two attached hydrogens (primary N) is 1. The number of aromatic nitrogens is 4. The molecule has 0 saturated heterocycles. The summed E-state index contributed by atoms with van der Waals surface area (Å²) in [6, 6.07) is 6.13. The summed E-state index contributed by atoms with van der Waals surface area (Å²) in [5.41, 5.74) is 8.55. The Balaban J connectivity index is 1.94. The molecule has 1 atom stereocenters. The summed E-state index contributed by atoms with van der Waals surface area (Å²) in [5, 5.41) is 0. The molecule has 5 heteroatoms. The molecular weight excluding hydrogens is 226 g/mol. The van der Waals surface area contributed by atoms with E-state index in [1.807, 2.05) is 37.1 Å². The average molecular weight is 241 g/mol. The number of rotatable bonds is 3. The summed E-state index contributed by atoms with van der Waals surface area (Å²) >= 11 is 0. The van der Waals surface area contributed by atoms with Crippen LogP contribution in [0, 0.1) is 0 Å². The Morgan fingerprint density at radius 3 is 3.00 bits per heavy atom. The van der Waals surface area contributed by atoms with Gasteiger partial charge in [0.1, 0.15) is 0 Å². The van der Waals surface area contributed by atoms with Crippen LogP contribution in [-0.4, -0.2) is 19.1 Å². The summed E-state index contributed by atoms with van der Waals surface area (Å²) in [6.07, 6.45) is 7.45. The molecular formula is C13H15N5. The van der Waals surface area contributed by atoms with Crippen molar-refractivity contribution in [2.45, 2.75) is 19.5 Å². The zero-order valence-corrected chi connectivity index (χ0v) is 10.2. The molecule has 0 aliphatic rings. The number of nitrogens with zero attached hydrogens (tertiary/aromatic N) is 4. The second-order valence-electron chi connectivity index (χ2n) is 4.51. The minimum Gasteiger partial charge on any atom is -0.399 e. The van der Waals surface area contributed by atoms with Gasteiger partial charge in [-0.15, -0.1) is 0 Å². The van der Waals surface area contributed by atoms with Crippen molar-refractivity contribution >= 4 is 16.7 Å². The van der Waals surface area contributed by atoms with E-state index < -0.39 is 0 Å². The molecule has 5 nitrogen and oxygen atoms in total. The van der Waals surface area contributed by atoms with Crippen molar-refractivity contribution in [3.63, 3.8) is 0 Å². The Morgan fingerprint density at radius 1 is 1.33 bits per heavy atom. The van der Waals surface area contributed by atoms with Crippen LogP contribution in [0.25, 0.3) is 11.0 Å². The molecule has 2 heterocycles. The molecule has 1 aromatic carbocycles. The maximum absolute atomic E-state index is 5.76. The Kier molecular flexibility index (Phi) is 2.51. The van der Waals surface area contributed by atoms with Gasteiger partial charge in [0.15, 0.2) is 0 Å². The van der Waals surface area contributed by atoms with Crippen molar-refractivity contribution in [1.29, 1.82) is 0 Å². The van der Waals surface area contributed by atoms with E-state index in [1.165, 1.54) is 0 Å². The third-order valence-electron chi connectivity index (χ3n) is 3.11. The second-order valence-corrected chi connectivity index (χ2v) is 4.51. The van der Waals surface area contributed by atoms with Crippen molar-refractivity contribution in [2.75, 3.05) is 5.73 Å². The molecule has 2 N–H and O–H groups in total. The Morgan fingerprint density at radius 2 is 2.22 bits per heavy atom. The van der Waals surface area contributed by atoms with E-state index >= 15 is 0 Å². The van der Waals surface area contributed by atoms with E-state index in [0.29, 0.717) is 6.04 Å². The van der Waals surface area contributed by atoms with E-state index in [2.05, 4.69) is 26.0 Å². The molecule has 2 aromatic heterocycles. The van der Waals surface area contributed by atoms with Crippen LogP contribution in [0.2, 0.25) is 0 Å². The molecule has 3 rings (SSSR count). The van der Waals surface area contributed by atoms with Gasteiger partial charge in [-0.05, 0) is 25.1 Å². The number of benzene rings is 1. The normalized spacial score (nSPS) is 12.9. The van der Waals surface area contributed by atoms with E-state index in [9.17, 15) is 0 Å². The van der Waals surface area contributed by atoms with Gasteiger partial charge < -0.3 is 14.9 Å². The summed E-state index contributed by atoms with van der Waals surface area (Å²) in [7, 11) is 0. The van der Waals surface area contributed by atoms with Crippen molar-refractivity contribution < 1.29 is 0 Å². The van der Waals surface area contributed by atoms with E-state index in [1.54, 1.807) is 6.20 Å². The molecule has 0 saturated carbocycles. The first-order chi connectivity index (χ1) is 8.74. The Labute approximate surface area is 105 Å². The van der Waals surface area contributed by atoms with Crippen LogP contribution in [0.1, 0.15) is 13.0 Å². The molecule has 0 aliphatic heterocycles. The molecule has 1 unspecified atom stereocenters. The zero-order chi connectivity index (χ0) is 12.5. The molecule has 0 bridgehead atoms. The van der Waals surface area contributed by atoms with Crippen molar-refractivity contribution in [1.82, 2.24) is 19.1 Å². The van der Waals surface area contributed by atoms with E-state index in [0.717, 1.165) is 23.3 Å².